The van der Waals surface area contributed by atoms with Gasteiger partial charge in [-0.05, 0) is 48.9 Å². The third-order valence-corrected chi connectivity index (χ3v) is 6.58. The van der Waals surface area contributed by atoms with Gasteiger partial charge in [0.2, 0.25) is 5.91 Å². The van der Waals surface area contributed by atoms with E-state index in [-0.39, 0.29) is 17.9 Å². The number of hydrogen-bond donors (Lipinski definition) is 2. The number of aliphatic hydroxyl groups excluding tert-OH is 1. The van der Waals surface area contributed by atoms with E-state index in [0.717, 1.165) is 70.5 Å². The van der Waals surface area contributed by atoms with Crippen LogP contribution >= 0.6 is 0 Å². The van der Waals surface area contributed by atoms with Gasteiger partial charge in [0.25, 0.3) is 0 Å². The fraction of sp³-hybridized carbons (Fsp3) is 0.500. The third-order valence-electron chi connectivity index (χ3n) is 6.58. The average Bonchev–Trinajstić information content (AvgIpc) is 2.81. The lowest BCUT2D eigenvalue weighted by atomic mass is 9.96. The molecule has 1 unspecified atom stereocenters. The first kappa shape index (κ1) is 22.0. The summed E-state index contributed by atoms with van der Waals surface area (Å²) >= 11 is 0. The molecule has 2 fully saturated rings. The minimum absolute atomic E-state index is 0.0752. The second-order valence-corrected chi connectivity index (χ2v) is 9.10. The molecule has 2 aromatic carbocycles. The van der Waals surface area contributed by atoms with Crippen LogP contribution in [0.4, 0.5) is 0 Å². The molecule has 2 heterocycles. The Morgan fingerprint density at radius 2 is 1.48 bits per heavy atom. The Hall–Kier alpha value is -2.21. The molecule has 5 nitrogen and oxygen atoms in total. The van der Waals surface area contributed by atoms with Crippen LogP contribution < -0.4 is 5.32 Å². The van der Waals surface area contributed by atoms with Crippen molar-refractivity contribution in [3.63, 3.8) is 0 Å². The van der Waals surface area contributed by atoms with E-state index in [1.54, 1.807) is 0 Å². The second-order valence-electron chi connectivity index (χ2n) is 9.10. The molecule has 0 bridgehead atoms. The summed E-state index contributed by atoms with van der Waals surface area (Å²) in [5.41, 5.74) is 3.74. The number of amides is 1. The summed E-state index contributed by atoms with van der Waals surface area (Å²) in [5, 5.41) is 12.8. The highest BCUT2D eigenvalue weighted by Crippen LogP contribution is 2.19. The van der Waals surface area contributed by atoms with Gasteiger partial charge in [-0.25, -0.2) is 0 Å². The summed E-state index contributed by atoms with van der Waals surface area (Å²) in [6.07, 6.45) is 3.66. The van der Waals surface area contributed by atoms with Gasteiger partial charge in [-0.3, -0.25) is 14.6 Å². The molecule has 31 heavy (non-hydrogen) atoms. The number of piperidine rings is 2. The molecule has 2 aliphatic heterocycles. The Balaban J connectivity index is 1.21. The highest BCUT2D eigenvalue weighted by Gasteiger charge is 2.25. The van der Waals surface area contributed by atoms with Crippen molar-refractivity contribution in [3.8, 4) is 0 Å². The molecule has 2 saturated heterocycles. The number of hydrogen-bond acceptors (Lipinski definition) is 4. The van der Waals surface area contributed by atoms with Crippen LogP contribution in [0.1, 0.15) is 42.4 Å². The van der Waals surface area contributed by atoms with Crippen molar-refractivity contribution in [3.05, 3.63) is 71.3 Å². The van der Waals surface area contributed by atoms with E-state index in [1.165, 1.54) is 11.1 Å². The molecule has 5 heteroatoms. The fourth-order valence-corrected chi connectivity index (χ4v) is 4.69. The number of rotatable bonds is 7. The predicted molar refractivity (Wildman–Crippen MR) is 123 cm³/mol. The lowest BCUT2D eigenvalue weighted by molar-refractivity contribution is -0.126. The van der Waals surface area contributed by atoms with Gasteiger partial charge >= 0.3 is 0 Å². The maximum Gasteiger partial charge on any atom is 0.224 e. The van der Waals surface area contributed by atoms with Crippen LogP contribution in [0.15, 0.2) is 54.6 Å². The van der Waals surface area contributed by atoms with Crippen LogP contribution in [0.25, 0.3) is 0 Å². The third kappa shape index (κ3) is 6.63. The number of benzene rings is 2. The molecule has 1 amide bonds. The zero-order chi connectivity index (χ0) is 21.5. The van der Waals surface area contributed by atoms with Gasteiger partial charge in [0, 0.05) is 39.3 Å². The quantitative estimate of drug-likeness (QED) is 0.721. The zero-order valence-corrected chi connectivity index (χ0v) is 18.4. The monoisotopic (exact) mass is 421 g/mol. The summed E-state index contributed by atoms with van der Waals surface area (Å²) in [5.74, 6) is 0.250. The number of aliphatic hydroxyl groups is 1. The number of nitrogens with one attached hydrogen (secondary N) is 1. The Labute approximate surface area is 186 Å². The Morgan fingerprint density at radius 3 is 2.23 bits per heavy atom. The van der Waals surface area contributed by atoms with Crippen LogP contribution in [0, 0.1) is 5.92 Å². The van der Waals surface area contributed by atoms with Gasteiger partial charge in [0.05, 0.1) is 12.0 Å². The molecule has 0 radical (unpaired) electrons. The van der Waals surface area contributed by atoms with Crippen LogP contribution in [-0.4, -0.2) is 53.1 Å². The van der Waals surface area contributed by atoms with E-state index in [9.17, 15) is 9.90 Å². The van der Waals surface area contributed by atoms with E-state index >= 15 is 0 Å². The maximum atomic E-state index is 12.8. The molecule has 2 aliphatic rings. The minimum Gasteiger partial charge on any atom is -0.393 e. The first-order valence-electron chi connectivity index (χ1n) is 11.7. The highest BCUT2D eigenvalue weighted by molar-refractivity contribution is 5.79. The molecule has 0 saturated carbocycles. The van der Waals surface area contributed by atoms with Crippen molar-refractivity contribution >= 4 is 5.91 Å². The van der Waals surface area contributed by atoms with E-state index < -0.39 is 0 Å². The molecule has 0 aromatic heterocycles. The van der Waals surface area contributed by atoms with E-state index in [2.05, 4.69) is 63.6 Å². The minimum atomic E-state index is -0.128. The van der Waals surface area contributed by atoms with Gasteiger partial charge < -0.3 is 10.4 Å². The molecule has 166 valence electrons. The smallest absolute Gasteiger partial charge is 0.224 e. The summed E-state index contributed by atoms with van der Waals surface area (Å²) < 4.78 is 0. The SMILES string of the molecule is O=C(NCc1ccc(CN2CCC(O)CC2)cc1)C1CCCN(Cc2ccccc2)C1. The van der Waals surface area contributed by atoms with Crippen LogP contribution in [0.3, 0.4) is 0 Å². The molecular weight excluding hydrogens is 386 g/mol. The van der Waals surface area contributed by atoms with Crippen molar-refractivity contribution in [1.82, 2.24) is 15.1 Å². The summed E-state index contributed by atoms with van der Waals surface area (Å²) in [4.78, 5) is 17.6. The molecule has 1 atom stereocenters. The number of nitrogens with zero attached hydrogens (tertiary/aromatic N) is 2. The van der Waals surface area contributed by atoms with E-state index in [0.29, 0.717) is 6.54 Å². The fourth-order valence-electron chi connectivity index (χ4n) is 4.69. The van der Waals surface area contributed by atoms with E-state index in [1.807, 2.05) is 6.07 Å². The van der Waals surface area contributed by atoms with Crippen molar-refractivity contribution in [2.75, 3.05) is 26.2 Å². The van der Waals surface area contributed by atoms with Crippen LogP contribution in [-0.2, 0) is 24.4 Å². The lowest BCUT2D eigenvalue weighted by Gasteiger charge is -2.32. The summed E-state index contributed by atoms with van der Waals surface area (Å²) in [6, 6.07) is 19.1. The van der Waals surface area contributed by atoms with Crippen molar-refractivity contribution in [2.24, 2.45) is 5.92 Å². The molecule has 0 spiro atoms. The predicted octanol–water partition coefficient (Wildman–Crippen LogP) is 3.17. The number of likely N-dealkylation sites (tertiary alicyclic amines) is 2. The van der Waals surface area contributed by atoms with Gasteiger partial charge in [-0.1, -0.05) is 54.6 Å². The molecule has 2 N–H and O–H groups in total. The standard InChI is InChI=1S/C26H35N3O2/c30-25-12-15-28(16-13-25)18-23-10-8-21(9-11-23)17-27-26(31)24-7-4-14-29(20-24)19-22-5-2-1-3-6-22/h1-3,5-6,8-11,24-25,30H,4,7,12-20H2,(H,27,31). The topological polar surface area (TPSA) is 55.8 Å². The first-order chi connectivity index (χ1) is 15.2. The largest absolute Gasteiger partial charge is 0.393 e. The zero-order valence-electron chi connectivity index (χ0n) is 18.4. The van der Waals surface area contributed by atoms with Gasteiger partial charge in [-0.15, -0.1) is 0 Å². The molecule has 2 aromatic rings. The summed E-state index contributed by atoms with van der Waals surface area (Å²) in [7, 11) is 0. The normalized spacial score (nSPS) is 21.1. The van der Waals surface area contributed by atoms with Crippen molar-refractivity contribution in [2.45, 2.75) is 51.4 Å². The molecule has 4 rings (SSSR count). The van der Waals surface area contributed by atoms with Crippen LogP contribution in [0.2, 0.25) is 0 Å². The summed E-state index contributed by atoms with van der Waals surface area (Å²) in [6.45, 7) is 6.26. The highest BCUT2D eigenvalue weighted by atomic mass is 16.3. The maximum absolute atomic E-state index is 12.8. The van der Waals surface area contributed by atoms with E-state index in [4.69, 9.17) is 0 Å². The van der Waals surface area contributed by atoms with Gasteiger partial charge in [-0.2, -0.15) is 0 Å². The lowest BCUT2D eigenvalue weighted by Crippen LogP contribution is -2.42. The Bertz CT molecular complexity index is 816. The van der Waals surface area contributed by atoms with Gasteiger partial charge in [0.15, 0.2) is 0 Å². The van der Waals surface area contributed by atoms with Crippen LogP contribution in [0.5, 0.6) is 0 Å². The Kier molecular flexibility index (Phi) is 7.73. The van der Waals surface area contributed by atoms with Crippen molar-refractivity contribution in [1.29, 1.82) is 0 Å². The number of carbonyl (C=O) groups excluding carboxylic acids is 1. The first-order valence-corrected chi connectivity index (χ1v) is 11.7. The average molecular weight is 422 g/mol. The van der Waals surface area contributed by atoms with Gasteiger partial charge in [0.1, 0.15) is 0 Å². The number of carbonyl (C=O) groups is 1. The molecule has 0 aliphatic carbocycles. The molecular formula is C26H35N3O2. The second kappa shape index (κ2) is 10.9. The van der Waals surface area contributed by atoms with Crippen molar-refractivity contribution < 1.29 is 9.90 Å². The Morgan fingerprint density at radius 1 is 0.839 bits per heavy atom.